The summed E-state index contributed by atoms with van der Waals surface area (Å²) in [5.74, 6) is 0.348. The molecule has 0 aliphatic heterocycles. The van der Waals surface area contributed by atoms with Crippen LogP contribution in [0.4, 0.5) is 5.69 Å². The van der Waals surface area contributed by atoms with Gasteiger partial charge in [0.15, 0.2) is 0 Å². The van der Waals surface area contributed by atoms with E-state index in [1.54, 1.807) is 31.2 Å². The molecule has 0 heterocycles. The van der Waals surface area contributed by atoms with Crippen molar-refractivity contribution in [3.63, 3.8) is 0 Å². The molecule has 1 saturated carbocycles. The average molecular weight is 312 g/mol. The molecule has 1 aliphatic carbocycles. The number of methoxy groups -OCH3 is 1. The SMILES string of the molecule is COc1ccc(N([C@@H](C)C(=O)NC2CC2)S(C)(=O)=O)cc1. The quantitative estimate of drug-likeness (QED) is 0.854. The van der Waals surface area contributed by atoms with Crippen molar-refractivity contribution in [2.24, 2.45) is 0 Å². The molecule has 0 aromatic heterocycles. The number of amides is 1. The van der Waals surface area contributed by atoms with Crippen molar-refractivity contribution >= 4 is 21.6 Å². The van der Waals surface area contributed by atoms with Gasteiger partial charge in [-0.25, -0.2) is 8.42 Å². The number of carbonyl (C=O) groups excluding carboxylic acids is 1. The van der Waals surface area contributed by atoms with Gasteiger partial charge in [0, 0.05) is 6.04 Å². The van der Waals surface area contributed by atoms with Crippen LogP contribution in [0, 0.1) is 0 Å². The van der Waals surface area contributed by atoms with E-state index in [4.69, 9.17) is 4.74 Å². The van der Waals surface area contributed by atoms with E-state index in [0.29, 0.717) is 11.4 Å². The smallest absolute Gasteiger partial charge is 0.243 e. The number of nitrogens with zero attached hydrogens (tertiary/aromatic N) is 1. The van der Waals surface area contributed by atoms with Gasteiger partial charge in [-0.3, -0.25) is 9.10 Å². The second kappa shape index (κ2) is 5.93. The predicted octanol–water partition coefficient (Wildman–Crippen LogP) is 1.13. The van der Waals surface area contributed by atoms with E-state index in [1.807, 2.05) is 0 Å². The van der Waals surface area contributed by atoms with Gasteiger partial charge in [0.05, 0.1) is 19.1 Å². The van der Waals surface area contributed by atoms with Crippen LogP contribution in [0.15, 0.2) is 24.3 Å². The van der Waals surface area contributed by atoms with Crippen LogP contribution in [-0.4, -0.2) is 39.8 Å². The van der Waals surface area contributed by atoms with Crippen molar-refractivity contribution in [1.29, 1.82) is 0 Å². The molecule has 0 spiro atoms. The van der Waals surface area contributed by atoms with E-state index in [9.17, 15) is 13.2 Å². The molecule has 116 valence electrons. The van der Waals surface area contributed by atoms with E-state index in [2.05, 4.69) is 5.32 Å². The van der Waals surface area contributed by atoms with Crippen molar-refractivity contribution in [2.45, 2.75) is 31.8 Å². The number of ether oxygens (including phenoxy) is 1. The van der Waals surface area contributed by atoms with Gasteiger partial charge in [-0.2, -0.15) is 0 Å². The summed E-state index contributed by atoms with van der Waals surface area (Å²) in [4.78, 5) is 12.1. The fourth-order valence-electron chi connectivity index (χ4n) is 2.09. The molecule has 1 amide bonds. The van der Waals surface area contributed by atoms with Crippen molar-refractivity contribution in [2.75, 3.05) is 17.7 Å². The first kappa shape index (κ1) is 15.6. The molecule has 1 fully saturated rings. The average Bonchev–Trinajstić information content (AvgIpc) is 3.22. The van der Waals surface area contributed by atoms with Crippen molar-refractivity contribution in [3.8, 4) is 5.75 Å². The molecular weight excluding hydrogens is 292 g/mol. The number of carbonyl (C=O) groups is 1. The fourth-order valence-corrected chi connectivity index (χ4v) is 3.26. The highest BCUT2D eigenvalue weighted by molar-refractivity contribution is 7.92. The largest absolute Gasteiger partial charge is 0.497 e. The Balaban J connectivity index is 2.26. The Morgan fingerprint density at radius 2 is 1.90 bits per heavy atom. The maximum atomic E-state index is 12.1. The maximum absolute atomic E-state index is 12.1. The van der Waals surface area contributed by atoms with Gasteiger partial charge >= 0.3 is 0 Å². The Morgan fingerprint density at radius 3 is 2.33 bits per heavy atom. The first-order valence-corrected chi connectivity index (χ1v) is 8.61. The molecule has 0 radical (unpaired) electrons. The molecule has 0 saturated heterocycles. The minimum atomic E-state index is -3.57. The molecule has 21 heavy (non-hydrogen) atoms. The molecule has 7 heteroatoms. The minimum Gasteiger partial charge on any atom is -0.497 e. The summed E-state index contributed by atoms with van der Waals surface area (Å²) in [7, 11) is -2.03. The predicted molar refractivity (Wildman–Crippen MR) is 80.9 cm³/mol. The van der Waals surface area contributed by atoms with Gasteiger partial charge in [0.25, 0.3) is 0 Å². The van der Waals surface area contributed by atoms with E-state index < -0.39 is 16.1 Å². The molecule has 6 nitrogen and oxygen atoms in total. The second-order valence-electron chi connectivity index (χ2n) is 5.22. The highest BCUT2D eigenvalue weighted by Crippen LogP contribution is 2.25. The Bertz CT molecular complexity index is 608. The lowest BCUT2D eigenvalue weighted by Crippen LogP contribution is -2.48. The Morgan fingerprint density at radius 1 is 1.33 bits per heavy atom. The minimum absolute atomic E-state index is 0.192. The van der Waals surface area contributed by atoms with Crippen molar-refractivity contribution in [3.05, 3.63) is 24.3 Å². The zero-order chi connectivity index (χ0) is 15.6. The molecule has 1 atom stereocenters. The molecule has 1 aromatic rings. The van der Waals surface area contributed by atoms with Crippen LogP contribution in [0.5, 0.6) is 5.75 Å². The summed E-state index contributed by atoms with van der Waals surface area (Å²) in [6.45, 7) is 1.59. The van der Waals surface area contributed by atoms with Crippen molar-refractivity contribution in [1.82, 2.24) is 5.32 Å². The van der Waals surface area contributed by atoms with Gasteiger partial charge in [-0.05, 0) is 44.0 Å². The highest BCUT2D eigenvalue weighted by atomic mass is 32.2. The van der Waals surface area contributed by atoms with Crippen LogP contribution in [0.3, 0.4) is 0 Å². The first-order valence-electron chi connectivity index (χ1n) is 6.77. The lowest BCUT2D eigenvalue weighted by molar-refractivity contribution is -0.121. The van der Waals surface area contributed by atoms with Gasteiger partial charge in [0.2, 0.25) is 15.9 Å². The molecule has 0 bridgehead atoms. The van der Waals surface area contributed by atoms with Gasteiger partial charge < -0.3 is 10.1 Å². The zero-order valence-corrected chi connectivity index (χ0v) is 13.2. The summed E-state index contributed by atoms with van der Waals surface area (Å²) in [5.41, 5.74) is 0.441. The van der Waals surface area contributed by atoms with Gasteiger partial charge in [-0.15, -0.1) is 0 Å². The second-order valence-corrected chi connectivity index (χ2v) is 7.08. The Kier molecular flexibility index (Phi) is 4.41. The number of anilines is 1. The molecule has 1 aromatic carbocycles. The third kappa shape index (κ3) is 3.87. The molecule has 1 aliphatic rings. The highest BCUT2D eigenvalue weighted by Gasteiger charge is 2.32. The van der Waals surface area contributed by atoms with E-state index in [0.717, 1.165) is 23.4 Å². The molecule has 2 rings (SSSR count). The normalized spacial score (nSPS) is 16.1. The number of benzene rings is 1. The topological polar surface area (TPSA) is 75.7 Å². The third-order valence-corrected chi connectivity index (χ3v) is 4.58. The van der Waals surface area contributed by atoms with Crippen molar-refractivity contribution < 1.29 is 17.9 Å². The van der Waals surface area contributed by atoms with Crippen LogP contribution < -0.4 is 14.4 Å². The first-order chi connectivity index (χ1) is 9.82. The Labute approximate surface area is 125 Å². The van der Waals surface area contributed by atoms with Gasteiger partial charge in [0.1, 0.15) is 11.8 Å². The van der Waals surface area contributed by atoms with Crippen LogP contribution >= 0.6 is 0 Å². The summed E-state index contributed by atoms with van der Waals surface area (Å²) >= 11 is 0. The van der Waals surface area contributed by atoms with E-state index in [-0.39, 0.29) is 11.9 Å². The summed E-state index contributed by atoms with van der Waals surface area (Å²) < 4.78 is 30.3. The van der Waals surface area contributed by atoms with Crippen LogP contribution in [-0.2, 0) is 14.8 Å². The molecule has 0 unspecified atom stereocenters. The van der Waals surface area contributed by atoms with Crippen LogP contribution in [0.1, 0.15) is 19.8 Å². The number of nitrogens with one attached hydrogen (secondary N) is 1. The fraction of sp³-hybridized carbons (Fsp3) is 0.500. The maximum Gasteiger partial charge on any atom is 0.243 e. The molecular formula is C14H20N2O4S. The van der Waals surface area contributed by atoms with Crippen LogP contribution in [0.2, 0.25) is 0 Å². The van der Waals surface area contributed by atoms with E-state index >= 15 is 0 Å². The molecule has 1 N–H and O–H groups in total. The monoisotopic (exact) mass is 312 g/mol. The van der Waals surface area contributed by atoms with Crippen LogP contribution in [0.25, 0.3) is 0 Å². The lowest BCUT2D eigenvalue weighted by atomic mass is 10.2. The van der Waals surface area contributed by atoms with E-state index in [1.165, 1.54) is 7.11 Å². The summed E-state index contributed by atoms with van der Waals surface area (Å²) in [5, 5.41) is 2.83. The third-order valence-electron chi connectivity index (χ3n) is 3.34. The number of sulfonamides is 1. The zero-order valence-electron chi connectivity index (χ0n) is 12.4. The number of hydrogen-bond acceptors (Lipinski definition) is 4. The number of rotatable bonds is 6. The lowest BCUT2D eigenvalue weighted by Gasteiger charge is -2.28. The summed E-state index contributed by atoms with van der Waals surface area (Å²) in [6.07, 6.45) is 3.01. The standard InChI is InChI=1S/C14H20N2O4S/c1-10(14(17)15-11-4-5-11)16(21(3,18)19)12-6-8-13(20-2)9-7-12/h6-11H,4-5H2,1-3H3,(H,15,17)/t10-/m0/s1. The Hall–Kier alpha value is -1.76. The summed E-state index contributed by atoms with van der Waals surface area (Å²) in [6, 6.07) is 5.98. The number of hydrogen-bond donors (Lipinski definition) is 1. The van der Waals surface area contributed by atoms with Gasteiger partial charge in [-0.1, -0.05) is 0 Å².